The number of amides is 1. The Kier molecular flexibility index (Phi) is 5.54. The number of nitro groups is 1. The van der Waals surface area contributed by atoms with E-state index in [1.54, 1.807) is 13.2 Å². The van der Waals surface area contributed by atoms with E-state index in [0.29, 0.717) is 29.9 Å². The zero-order valence-corrected chi connectivity index (χ0v) is 18.8. The average Bonchev–Trinajstić information content (AvgIpc) is 2.72. The number of rotatable bonds is 4. The van der Waals surface area contributed by atoms with E-state index in [4.69, 9.17) is 16.3 Å². The van der Waals surface area contributed by atoms with Crippen molar-refractivity contribution in [2.75, 3.05) is 12.0 Å². The third-order valence-electron chi connectivity index (χ3n) is 6.03. The largest absolute Gasteiger partial charge is 0.496 e. The van der Waals surface area contributed by atoms with Gasteiger partial charge in [-0.3, -0.25) is 24.6 Å². The van der Waals surface area contributed by atoms with Gasteiger partial charge in [0.15, 0.2) is 5.78 Å². The number of ketones is 1. The average molecular weight is 455 g/mol. The lowest BCUT2D eigenvalue weighted by Gasteiger charge is -2.42. The number of ether oxygens (including phenoxy) is 1. The standard InChI is InChI=1S/C24H23ClN2O5/c1-24(2)12-19-23(20(28)13-24)16(15-6-4-5-7-21(15)32-3)11-22(29)26(19)17-9-8-14(25)10-18(17)27(30)31/h4-10,16H,11-13H2,1-3H3. The van der Waals surface area contributed by atoms with Crippen molar-refractivity contribution in [3.05, 3.63) is 74.4 Å². The first-order chi connectivity index (χ1) is 15.1. The van der Waals surface area contributed by atoms with E-state index >= 15 is 0 Å². The van der Waals surface area contributed by atoms with Crippen molar-refractivity contribution >= 4 is 34.7 Å². The number of benzene rings is 2. The molecule has 7 nitrogen and oxygen atoms in total. The van der Waals surface area contributed by atoms with Gasteiger partial charge in [0.25, 0.3) is 5.69 Å². The second-order valence-electron chi connectivity index (χ2n) is 8.92. The molecule has 0 saturated carbocycles. The summed E-state index contributed by atoms with van der Waals surface area (Å²) >= 11 is 5.99. The second-order valence-corrected chi connectivity index (χ2v) is 9.36. The maximum absolute atomic E-state index is 13.5. The molecule has 0 N–H and O–H groups in total. The number of Topliss-reactive ketones (excluding diaryl/α,β-unsaturated/α-hetero) is 1. The summed E-state index contributed by atoms with van der Waals surface area (Å²) in [5.74, 6) is -0.239. The predicted molar refractivity (Wildman–Crippen MR) is 121 cm³/mol. The van der Waals surface area contributed by atoms with E-state index in [1.807, 2.05) is 32.0 Å². The van der Waals surface area contributed by atoms with Crippen LogP contribution in [0, 0.1) is 15.5 Å². The highest BCUT2D eigenvalue weighted by molar-refractivity contribution is 6.31. The van der Waals surface area contributed by atoms with Crippen LogP contribution in [0.1, 0.15) is 44.6 Å². The molecule has 2 aromatic rings. The van der Waals surface area contributed by atoms with Crippen molar-refractivity contribution in [1.29, 1.82) is 0 Å². The maximum Gasteiger partial charge on any atom is 0.294 e. The molecular weight excluding hydrogens is 432 g/mol. The zero-order chi connectivity index (χ0) is 23.2. The van der Waals surface area contributed by atoms with E-state index in [-0.39, 0.29) is 34.5 Å². The van der Waals surface area contributed by atoms with Gasteiger partial charge in [-0.1, -0.05) is 43.6 Å². The molecule has 1 aliphatic heterocycles. The van der Waals surface area contributed by atoms with Crippen molar-refractivity contribution in [2.45, 2.75) is 39.0 Å². The lowest BCUT2D eigenvalue weighted by Crippen LogP contribution is -2.44. The van der Waals surface area contributed by atoms with Crippen LogP contribution in [0.2, 0.25) is 5.02 Å². The number of carbonyl (C=O) groups excluding carboxylic acids is 2. The SMILES string of the molecule is COc1ccccc1C1CC(=O)N(c2ccc(Cl)cc2[N+](=O)[O-])C2=C1C(=O)CC(C)(C)C2. The molecule has 0 fully saturated rings. The summed E-state index contributed by atoms with van der Waals surface area (Å²) in [5.41, 5.74) is 1.26. The number of nitrogens with zero attached hydrogens (tertiary/aromatic N) is 2. The van der Waals surface area contributed by atoms with Crippen LogP contribution in [0.15, 0.2) is 53.7 Å². The Hall–Kier alpha value is -3.19. The molecular formula is C24H23ClN2O5. The second kappa shape index (κ2) is 8.06. The molecule has 166 valence electrons. The number of nitro benzene ring substituents is 1. The Morgan fingerprint density at radius 1 is 1.16 bits per heavy atom. The smallest absolute Gasteiger partial charge is 0.294 e. The van der Waals surface area contributed by atoms with Gasteiger partial charge in [-0.05, 0) is 30.0 Å². The van der Waals surface area contributed by atoms with Crippen molar-refractivity contribution in [2.24, 2.45) is 5.41 Å². The monoisotopic (exact) mass is 454 g/mol. The molecule has 0 saturated heterocycles. The normalized spacial score (nSPS) is 20.2. The summed E-state index contributed by atoms with van der Waals surface area (Å²) in [6.07, 6.45) is 0.776. The van der Waals surface area contributed by atoms with Crippen molar-refractivity contribution in [3.8, 4) is 5.75 Å². The summed E-state index contributed by atoms with van der Waals surface area (Å²) < 4.78 is 5.50. The van der Waals surface area contributed by atoms with Crippen LogP contribution in [0.3, 0.4) is 0 Å². The summed E-state index contributed by atoms with van der Waals surface area (Å²) in [6, 6.07) is 11.5. The fourth-order valence-electron chi connectivity index (χ4n) is 4.75. The molecule has 2 aromatic carbocycles. The van der Waals surface area contributed by atoms with Crippen LogP contribution in [-0.2, 0) is 9.59 Å². The van der Waals surface area contributed by atoms with E-state index < -0.39 is 16.3 Å². The Bertz CT molecular complexity index is 1170. The first kappa shape index (κ1) is 22.0. The molecule has 0 bridgehead atoms. The number of carbonyl (C=O) groups is 2. The predicted octanol–water partition coefficient (Wildman–Crippen LogP) is 5.42. The molecule has 4 rings (SSSR count). The van der Waals surface area contributed by atoms with Crippen molar-refractivity contribution < 1.29 is 19.2 Å². The van der Waals surface area contributed by atoms with Gasteiger partial charge in [0.2, 0.25) is 5.91 Å². The minimum Gasteiger partial charge on any atom is -0.496 e. The summed E-state index contributed by atoms with van der Waals surface area (Å²) in [4.78, 5) is 39.4. The molecule has 1 aliphatic carbocycles. The van der Waals surface area contributed by atoms with Gasteiger partial charge in [0, 0.05) is 46.7 Å². The first-order valence-corrected chi connectivity index (χ1v) is 10.7. The Morgan fingerprint density at radius 3 is 2.56 bits per heavy atom. The van der Waals surface area contributed by atoms with Crippen LogP contribution >= 0.6 is 11.6 Å². The summed E-state index contributed by atoms with van der Waals surface area (Å²) in [5, 5.41) is 12.0. The number of para-hydroxylation sites is 1. The first-order valence-electron chi connectivity index (χ1n) is 10.3. The summed E-state index contributed by atoms with van der Waals surface area (Å²) in [7, 11) is 1.55. The van der Waals surface area contributed by atoms with Gasteiger partial charge >= 0.3 is 0 Å². The topological polar surface area (TPSA) is 89.8 Å². The van der Waals surface area contributed by atoms with Gasteiger partial charge in [-0.15, -0.1) is 0 Å². The van der Waals surface area contributed by atoms with Gasteiger partial charge in [0.05, 0.1) is 12.0 Å². The Balaban J connectivity index is 1.97. The third-order valence-corrected chi connectivity index (χ3v) is 6.27. The van der Waals surface area contributed by atoms with Crippen LogP contribution in [0.4, 0.5) is 11.4 Å². The van der Waals surface area contributed by atoms with Gasteiger partial charge in [0.1, 0.15) is 11.4 Å². The molecule has 1 unspecified atom stereocenters. The van der Waals surface area contributed by atoms with Crippen LogP contribution < -0.4 is 9.64 Å². The molecule has 1 atom stereocenters. The molecule has 0 radical (unpaired) electrons. The van der Waals surface area contributed by atoms with Gasteiger partial charge < -0.3 is 4.74 Å². The van der Waals surface area contributed by atoms with Crippen molar-refractivity contribution in [3.63, 3.8) is 0 Å². The minimum atomic E-state index is -0.559. The zero-order valence-electron chi connectivity index (χ0n) is 18.1. The molecule has 0 spiro atoms. The number of halogens is 1. The minimum absolute atomic E-state index is 0.00512. The van der Waals surface area contributed by atoms with Crippen LogP contribution in [0.25, 0.3) is 0 Å². The lowest BCUT2D eigenvalue weighted by molar-refractivity contribution is -0.384. The van der Waals surface area contributed by atoms with E-state index in [1.165, 1.54) is 23.1 Å². The van der Waals surface area contributed by atoms with Crippen LogP contribution in [0.5, 0.6) is 5.75 Å². The van der Waals surface area contributed by atoms with Crippen molar-refractivity contribution in [1.82, 2.24) is 0 Å². The van der Waals surface area contributed by atoms with E-state index in [2.05, 4.69) is 0 Å². The Morgan fingerprint density at radius 2 is 1.88 bits per heavy atom. The Labute approximate surface area is 190 Å². The fraction of sp³-hybridized carbons (Fsp3) is 0.333. The molecule has 32 heavy (non-hydrogen) atoms. The summed E-state index contributed by atoms with van der Waals surface area (Å²) in [6.45, 7) is 3.92. The highest BCUT2D eigenvalue weighted by Gasteiger charge is 2.46. The molecule has 2 aliphatic rings. The fourth-order valence-corrected chi connectivity index (χ4v) is 4.91. The van der Waals surface area contributed by atoms with E-state index in [0.717, 1.165) is 5.56 Å². The quantitative estimate of drug-likeness (QED) is 0.454. The number of allylic oxidation sites excluding steroid dienone is 2. The number of hydrogen-bond acceptors (Lipinski definition) is 5. The van der Waals surface area contributed by atoms with Gasteiger partial charge in [-0.25, -0.2) is 0 Å². The molecule has 8 heteroatoms. The van der Waals surface area contributed by atoms with Gasteiger partial charge in [-0.2, -0.15) is 0 Å². The molecule has 1 amide bonds. The van der Waals surface area contributed by atoms with E-state index in [9.17, 15) is 19.7 Å². The number of anilines is 1. The highest BCUT2D eigenvalue weighted by atomic mass is 35.5. The number of methoxy groups -OCH3 is 1. The highest BCUT2D eigenvalue weighted by Crippen LogP contribution is 2.50. The number of hydrogen-bond donors (Lipinski definition) is 0. The lowest BCUT2D eigenvalue weighted by atomic mass is 9.69. The maximum atomic E-state index is 13.5. The van der Waals surface area contributed by atoms with Crippen LogP contribution in [-0.4, -0.2) is 23.7 Å². The molecule has 0 aromatic heterocycles. The third kappa shape index (κ3) is 3.77. The molecule has 1 heterocycles.